The molecule has 0 radical (unpaired) electrons. The molecule has 3 rings (SSSR count). The minimum Gasteiger partial charge on any atom is -0.394 e. The lowest BCUT2D eigenvalue weighted by molar-refractivity contribution is -0.380. The number of fused-ring (bicyclic) bond motifs is 1. The van der Waals surface area contributed by atoms with Crippen molar-refractivity contribution >= 4 is 33.1 Å². The van der Waals surface area contributed by atoms with Gasteiger partial charge in [-0.2, -0.15) is 0 Å². The SMILES string of the molecule is O=[N+]([O-])c1ccc(-c2nc(NCC(O)CO)c3ccccc3n2)s1. The van der Waals surface area contributed by atoms with Crippen LogP contribution >= 0.6 is 11.3 Å². The number of aliphatic hydroxyl groups is 2. The van der Waals surface area contributed by atoms with Crippen LogP contribution in [0.15, 0.2) is 36.4 Å². The minimum absolute atomic E-state index is 0.0203. The van der Waals surface area contributed by atoms with Crippen molar-refractivity contribution < 1.29 is 15.1 Å². The number of nitrogens with one attached hydrogen (secondary N) is 1. The normalized spacial score (nSPS) is 12.2. The third kappa shape index (κ3) is 3.32. The van der Waals surface area contributed by atoms with Gasteiger partial charge in [0.1, 0.15) is 5.82 Å². The van der Waals surface area contributed by atoms with Crippen LogP contribution in [0.3, 0.4) is 0 Å². The second-order valence-electron chi connectivity index (χ2n) is 5.03. The molecule has 3 N–H and O–H groups in total. The Morgan fingerprint density at radius 2 is 2.04 bits per heavy atom. The topological polar surface area (TPSA) is 121 Å². The number of nitrogens with zero attached hydrogens (tertiary/aromatic N) is 3. The van der Waals surface area contributed by atoms with Crippen LogP contribution in [0.4, 0.5) is 10.8 Å². The molecule has 0 aliphatic rings. The fourth-order valence-electron chi connectivity index (χ4n) is 2.15. The summed E-state index contributed by atoms with van der Waals surface area (Å²) in [7, 11) is 0. The molecular weight excluding hydrogens is 332 g/mol. The van der Waals surface area contributed by atoms with Crippen LogP contribution in [0.5, 0.6) is 0 Å². The standard InChI is InChI=1S/C15H14N4O4S/c20-8-9(21)7-16-14-10-3-1-2-4-11(10)17-15(18-14)12-5-6-13(24-12)19(22)23/h1-6,9,20-21H,7-8H2,(H,16,17,18). The zero-order chi connectivity index (χ0) is 17.1. The first-order chi connectivity index (χ1) is 11.6. The second kappa shape index (κ2) is 6.87. The maximum atomic E-state index is 10.8. The average Bonchev–Trinajstić information content (AvgIpc) is 3.09. The van der Waals surface area contributed by atoms with Gasteiger partial charge < -0.3 is 15.5 Å². The third-order valence-corrected chi connectivity index (χ3v) is 4.34. The summed E-state index contributed by atoms with van der Waals surface area (Å²) < 4.78 is 0. The van der Waals surface area contributed by atoms with E-state index in [-0.39, 0.29) is 18.2 Å². The van der Waals surface area contributed by atoms with Crippen molar-refractivity contribution in [3.8, 4) is 10.7 Å². The largest absolute Gasteiger partial charge is 0.394 e. The molecule has 1 unspecified atom stereocenters. The number of aromatic nitrogens is 2. The smallest absolute Gasteiger partial charge is 0.324 e. The number of benzene rings is 1. The van der Waals surface area contributed by atoms with Crippen LogP contribution < -0.4 is 5.32 Å². The van der Waals surface area contributed by atoms with Gasteiger partial charge in [0.15, 0.2) is 5.82 Å². The maximum Gasteiger partial charge on any atom is 0.324 e. The first-order valence-corrected chi connectivity index (χ1v) is 7.94. The average molecular weight is 346 g/mol. The highest BCUT2D eigenvalue weighted by atomic mass is 32.1. The Morgan fingerprint density at radius 1 is 1.25 bits per heavy atom. The van der Waals surface area contributed by atoms with Gasteiger partial charge in [-0.3, -0.25) is 10.1 Å². The molecule has 0 bridgehead atoms. The zero-order valence-electron chi connectivity index (χ0n) is 12.4. The molecule has 3 aromatic rings. The van der Waals surface area contributed by atoms with Crippen LogP contribution in [0.1, 0.15) is 0 Å². The van der Waals surface area contributed by atoms with E-state index in [1.165, 1.54) is 6.07 Å². The highest BCUT2D eigenvalue weighted by molar-refractivity contribution is 7.18. The molecule has 0 aliphatic heterocycles. The summed E-state index contributed by atoms with van der Waals surface area (Å²) in [6, 6.07) is 10.4. The molecule has 24 heavy (non-hydrogen) atoms. The van der Waals surface area contributed by atoms with E-state index in [0.29, 0.717) is 22.0 Å². The van der Waals surface area contributed by atoms with Crippen molar-refractivity contribution in [3.63, 3.8) is 0 Å². The lowest BCUT2D eigenvalue weighted by atomic mass is 10.2. The summed E-state index contributed by atoms with van der Waals surface area (Å²) in [6.07, 6.45) is -0.912. The van der Waals surface area contributed by atoms with Crippen molar-refractivity contribution in [1.82, 2.24) is 9.97 Å². The Labute approximate surface area is 140 Å². The van der Waals surface area contributed by atoms with Gasteiger partial charge in [-0.1, -0.05) is 23.5 Å². The molecule has 0 amide bonds. The molecule has 0 saturated carbocycles. The molecule has 0 saturated heterocycles. The van der Waals surface area contributed by atoms with Crippen LogP contribution in [0, 0.1) is 10.1 Å². The molecule has 124 valence electrons. The minimum atomic E-state index is -0.912. The van der Waals surface area contributed by atoms with Gasteiger partial charge >= 0.3 is 5.00 Å². The predicted octanol–water partition coefficient (Wildman–Crippen LogP) is 2.03. The summed E-state index contributed by atoms with van der Waals surface area (Å²) in [5.41, 5.74) is 0.680. The zero-order valence-corrected chi connectivity index (χ0v) is 13.2. The van der Waals surface area contributed by atoms with E-state index in [4.69, 9.17) is 5.11 Å². The number of nitro groups is 1. The van der Waals surface area contributed by atoms with Gasteiger partial charge in [-0.05, 0) is 18.2 Å². The van der Waals surface area contributed by atoms with E-state index in [2.05, 4.69) is 15.3 Å². The Balaban J connectivity index is 2.03. The van der Waals surface area contributed by atoms with E-state index in [0.717, 1.165) is 16.7 Å². The molecule has 2 heterocycles. The van der Waals surface area contributed by atoms with Crippen molar-refractivity contribution in [1.29, 1.82) is 0 Å². The van der Waals surface area contributed by atoms with Crippen LogP contribution in [-0.4, -0.2) is 44.4 Å². The van der Waals surface area contributed by atoms with Crippen molar-refractivity contribution in [2.24, 2.45) is 0 Å². The van der Waals surface area contributed by atoms with Gasteiger partial charge in [-0.15, -0.1) is 0 Å². The first kappa shape index (κ1) is 16.2. The van der Waals surface area contributed by atoms with Gasteiger partial charge in [0.05, 0.1) is 28.0 Å². The Bertz CT molecular complexity index is 883. The van der Waals surface area contributed by atoms with E-state index in [1.807, 2.05) is 24.3 Å². The summed E-state index contributed by atoms with van der Waals surface area (Å²) in [6.45, 7) is -0.235. The second-order valence-corrected chi connectivity index (χ2v) is 6.09. The maximum absolute atomic E-state index is 10.8. The number of rotatable bonds is 6. The number of thiophene rings is 1. The summed E-state index contributed by atoms with van der Waals surface area (Å²) >= 11 is 0.999. The van der Waals surface area contributed by atoms with Gasteiger partial charge in [0.2, 0.25) is 0 Å². The number of aliphatic hydroxyl groups excluding tert-OH is 2. The van der Waals surface area contributed by atoms with Crippen LogP contribution in [0.25, 0.3) is 21.6 Å². The number of anilines is 1. The van der Waals surface area contributed by atoms with Crippen molar-refractivity contribution in [2.45, 2.75) is 6.10 Å². The fourth-order valence-corrected chi connectivity index (χ4v) is 2.90. The highest BCUT2D eigenvalue weighted by Gasteiger charge is 2.15. The van der Waals surface area contributed by atoms with Gasteiger partial charge in [0, 0.05) is 18.0 Å². The number of hydrogen-bond acceptors (Lipinski definition) is 8. The molecule has 0 fully saturated rings. The number of hydrogen-bond donors (Lipinski definition) is 3. The molecule has 8 nitrogen and oxygen atoms in total. The Hall–Kier alpha value is -2.62. The lowest BCUT2D eigenvalue weighted by Crippen LogP contribution is -2.23. The molecular formula is C15H14N4O4S. The molecule has 1 aromatic carbocycles. The van der Waals surface area contributed by atoms with Crippen molar-refractivity contribution in [2.75, 3.05) is 18.5 Å². The van der Waals surface area contributed by atoms with Crippen molar-refractivity contribution in [3.05, 3.63) is 46.5 Å². The molecule has 0 aliphatic carbocycles. The van der Waals surface area contributed by atoms with Crippen LogP contribution in [-0.2, 0) is 0 Å². The fraction of sp³-hybridized carbons (Fsp3) is 0.200. The van der Waals surface area contributed by atoms with Gasteiger partial charge in [0.25, 0.3) is 0 Å². The molecule has 2 aromatic heterocycles. The molecule has 1 atom stereocenters. The van der Waals surface area contributed by atoms with Crippen LogP contribution in [0.2, 0.25) is 0 Å². The van der Waals surface area contributed by atoms with E-state index in [9.17, 15) is 15.2 Å². The van der Waals surface area contributed by atoms with E-state index in [1.54, 1.807) is 6.07 Å². The first-order valence-electron chi connectivity index (χ1n) is 7.12. The summed E-state index contributed by atoms with van der Waals surface area (Å²) in [5.74, 6) is 0.868. The van der Waals surface area contributed by atoms with E-state index < -0.39 is 11.0 Å². The quantitative estimate of drug-likeness (QED) is 0.461. The highest BCUT2D eigenvalue weighted by Crippen LogP contribution is 2.32. The Kier molecular flexibility index (Phi) is 4.65. The van der Waals surface area contributed by atoms with E-state index >= 15 is 0 Å². The predicted molar refractivity (Wildman–Crippen MR) is 91.1 cm³/mol. The summed E-state index contributed by atoms with van der Waals surface area (Å²) in [5, 5.41) is 33.1. The third-order valence-electron chi connectivity index (χ3n) is 3.31. The lowest BCUT2D eigenvalue weighted by Gasteiger charge is -2.12. The number of para-hydroxylation sites is 1. The Morgan fingerprint density at radius 3 is 2.75 bits per heavy atom. The molecule has 9 heteroatoms. The monoisotopic (exact) mass is 346 g/mol. The summed E-state index contributed by atoms with van der Waals surface area (Å²) in [4.78, 5) is 19.8. The molecule has 0 spiro atoms. The van der Waals surface area contributed by atoms with Gasteiger partial charge in [-0.25, -0.2) is 9.97 Å².